The van der Waals surface area contributed by atoms with E-state index in [4.69, 9.17) is 34.8 Å². The van der Waals surface area contributed by atoms with Gasteiger partial charge in [-0.05, 0) is 24.6 Å². The van der Waals surface area contributed by atoms with E-state index in [1.165, 1.54) is 6.07 Å². The van der Waals surface area contributed by atoms with Gasteiger partial charge in [0.25, 0.3) is 0 Å². The third-order valence-corrected chi connectivity index (χ3v) is 1.83. The number of halogens is 3. The van der Waals surface area contributed by atoms with Gasteiger partial charge in [-0.25, -0.2) is 9.97 Å². The lowest BCUT2D eigenvalue weighted by Crippen LogP contribution is -1.81. The molecule has 0 aromatic carbocycles. The average Bonchev–Trinajstić information content (AvgIpc) is 2.54. The minimum Gasteiger partial charge on any atom is -0.283 e. The van der Waals surface area contributed by atoms with Crippen LogP contribution >= 0.6 is 34.8 Å². The number of H-pyrrole nitrogens is 1. The molecule has 0 unspecified atom stereocenters. The predicted octanol–water partition coefficient (Wildman–Crippen LogP) is 3.15. The second-order valence-electron chi connectivity index (χ2n) is 2.52. The number of aryl methyl sites for hydroxylation is 1. The van der Waals surface area contributed by atoms with Gasteiger partial charge >= 0.3 is 0 Å². The maximum absolute atomic E-state index is 5.43. The van der Waals surface area contributed by atoms with Crippen LogP contribution < -0.4 is 0 Å². The van der Waals surface area contributed by atoms with Crippen LogP contribution in [0.3, 0.4) is 0 Å². The quantitative estimate of drug-likeness (QED) is 0.588. The highest BCUT2D eigenvalue weighted by atomic mass is 35.5. The minimum absolute atomic E-state index is 0.0625. The molecule has 1 N–H and O–H groups in total. The molecule has 0 aliphatic heterocycles. The Labute approximate surface area is 102 Å². The third-order valence-electron chi connectivity index (χ3n) is 1.28. The van der Waals surface area contributed by atoms with Gasteiger partial charge in [0.2, 0.25) is 5.28 Å². The Hall–Kier alpha value is -0.840. The average molecular weight is 266 g/mol. The standard InChI is InChI=1S/C4HCl3N2.C4H6N2/c5-2-1-3(6)9-4(7)8-2;1-4-2-3-5-6-4/h1H;2-3H,1H3,(H,5,6). The Morgan fingerprint density at radius 2 is 1.73 bits per heavy atom. The highest BCUT2D eigenvalue weighted by Crippen LogP contribution is 2.13. The maximum Gasteiger partial charge on any atom is 0.225 e. The number of rotatable bonds is 0. The van der Waals surface area contributed by atoms with Crippen LogP contribution in [0.15, 0.2) is 18.3 Å². The van der Waals surface area contributed by atoms with Crippen molar-refractivity contribution in [2.24, 2.45) is 0 Å². The van der Waals surface area contributed by atoms with E-state index >= 15 is 0 Å². The molecule has 2 heterocycles. The van der Waals surface area contributed by atoms with E-state index in [1.807, 2.05) is 13.0 Å². The van der Waals surface area contributed by atoms with Crippen LogP contribution in [0, 0.1) is 6.92 Å². The largest absolute Gasteiger partial charge is 0.283 e. The summed E-state index contributed by atoms with van der Waals surface area (Å²) in [7, 11) is 0. The number of aromatic nitrogens is 4. The molecule has 0 saturated carbocycles. The summed E-state index contributed by atoms with van der Waals surface area (Å²) >= 11 is 16.2. The van der Waals surface area contributed by atoms with Gasteiger partial charge in [-0.2, -0.15) is 5.10 Å². The summed E-state index contributed by atoms with van der Waals surface area (Å²) in [5.74, 6) is 0. The minimum atomic E-state index is 0.0625. The fourth-order valence-corrected chi connectivity index (χ4v) is 1.38. The second-order valence-corrected chi connectivity index (χ2v) is 3.63. The summed E-state index contributed by atoms with van der Waals surface area (Å²) < 4.78 is 0. The third kappa shape index (κ3) is 4.97. The van der Waals surface area contributed by atoms with Crippen LogP contribution in [-0.2, 0) is 0 Å². The molecule has 0 aliphatic carbocycles. The van der Waals surface area contributed by atoms with Gasteiger partial charge in [0.05, 0.1) is 0 Å². The molecule has 2 rings (SSSR count). The molecule has 80 valence electrons. The van der Waals surface area contributed by atoms with Gasteiger partial charge < -0.3 is 0 Å². The molecule has 0 bridgehead atoms. The zero-order valence-corrected chi connectivity index (χ0v) is 9.98. The Kier molecular flexibility index (Phi) is 4.81. The van der Waals surface area contributed by atoms with Crippen LogP contribution in [0.25, 0.3) is 0 Å². The lowest BCUT2D eigenvalue weighted by Gasteiger charge is -1.89. The molecule has 2 aromatic heterocycles. The Morgan fingerprint density at radius 3 is 2.00 bits per heavy atom. The number of nitrogens with zero attached hydrogens (tertiary/aromatic N) is 3. The van der Waals surface area contributed by atoms with Crippen molar-refractivity contribution in [2.45, 2.75) is 6.92 Å². The number of hydrogen-bond acceptors (Lipinski definition) is 3. The molecule has 4 nitrogen and oxygen atoms in total. The zero-order chi connectivity index (χ0) is 11.3. The van der Waals surface area contributed by atoms with Crippen molar-refractivity contribution in [3.8, 4) is 0 Å². The normalized spacial score (nSPS) is 9.33. The molecule has 7 heteroatoms. The molecule has 15 heavy (non-hydrogen) atoms. The number of hydrogen-bond donors (Lipinski definition) is 1. The first kappa shape index (κ1) is 12.2. The van der Waals surface area contributed by atoms with E-state index in [1.54, 1.807) is 6.20 Å². The smallest absolute Gasteiger partial charge is 0.225 e. The van der Waals surface area contributed by atoms with Crippen LogP contribution in [0.5, 0.6) is 0 Å². The van der Waals surface area contributed by atoms with E-state index in [9.17, 15) is 0 Å². The molecule has 0 atom stereocenters. The van der Waals surface area contributed by atoms with Crippen molar-refractivity contribution in [1.29, 1.82) is 0 Å². The van der Waals surface area contributed by atoms with Crippen molar-refractivity contribution in [3.05, 3.63) is 39.6 Å². The monoisotopic (exact) mass is 264 g/mol. The topological polar surface area (TPSA) is 54.5 Å². The van der Waals surface area contributed by atoms with E-state index in [0.717, 1.165) is 5.69 Å². The first-order chi connectivity index (χ1) is 7.08. The van der Waals surface area contributed by atoms with Gasteiger partial charge in [0.15, 0.2) is 0 Å². The van der Waals surface area contributed by atoms with Crippen molar-refractivity contribution in [1.82, 2.24) is 20.2 Å². The van der Waals surface area contributed by atoms with Gasteiger partial charge in [0.1, 0.15) is 10.3 Å². The van der Waals surface area contributed by atoms with Crippen LogP contribution in [-0.4, -0.2) is 20.2 Å². The molecule has 0 spiro atoms. The number of nitrogens with one attached hydrogen (secondary N) is 1. The van der Waals surface area contributed by atoms with Gasteiger partial charge in [-0.3, -0.25) is 5.10 Å². The lowest BCUT2D eigenvalue weighted by molar-refractivity contribution is 1.05. The zero-order valence-electron chi connectivity index (χ0n) is 7.71. The summed E-state index contributed by atoms with van der Waals surface area (Å²) in [6.45, 7) is 1.97. The van der Waals surface area contributed by atoms with Gasteiger partial charge in [-0.15, -0.1) is 0 Å². The van der Waals surface area contributed by atoms with E-state index in [2.05, 4.69) is 20.2 Å². The molecule has 0 aliphatic rings. The lowest BCUT2D eigenvalue weighted by atomic mass is 10.5. The molecular weight excluding hydrogens is 258 g/mol. The summed E-state index contributed by atoms with van der Waals surface area (Å²) in [4.78, 5) is 7.14. The fourth-order valence-electron chi connectivity index (χ4n) is 0.690. The SMILES string of the molecule is Cc1ccn[nH]1.Clc1cc(Cl)nc(Cl)n1. The first-order valence-corrected chi connectivity index (χ1v) is 5.03. The predicted molar refractivity (Wildman–Crippen MR) is 60.4 cm³/mol. The first-order valence-electron chi connectivity index (χ1n) is 3.89. The number of aromatic amines is 1. The van der Waals surface area contributed by atoms with Crippen molar-refractivity contribution < 1.29 is 0 Å². The van der Waals surface area contributed by atoms with Gasteiger partial charge in [-0.1, -0.05) is 23.2 Å². The maximum atomic E-state index is 5.43. The highest BCUT2D eigenvalue weighted by molar-refractivity contribution is 6.35. The summed E-state index contributed by atoms with van der Waals surface area (Å²) in [5, 5.41) is 7.01. The van der Waals surface area contributed by atoms with Crippen molar-refractivity contribution >= 4 is 34.8 Å². The van der Waals surface area contributed by atoms with Crippen molar-refractivity contribution in [2.75, 3.05) is 0 Å². The fraction of sp³-hybridized carbons (Fsp3) is 0.125. The summed E-state index contributed by atoms with van der Waals surface area (Å²) in [5.41, 5.74) is 1.11. The molecule has 0 fully saturated rings. The van der Waals surface area contributed by atoms with E-state index in [-0.39, 0.29) is 15.6 Å². The van der Waals surface area contributed by atoms with Crippen molar-refractivity contribution in [3.63, 3.8) is 0 Å². The Balaban J connectivity index is 0.000000162. The molecule has 0 radical (unpaired) electrons. The molecule has 0 amide bonds. The Bertz CT molecular complexity index is 365. The molecular formula is C8H7Cl3N4. The van der Waals surface area contributed by atoms with E-state index < -0.39 is 0 Å². The van der Waals surface area contributed by atoms with Gasteiger partial charge in [0, 0.05) is 18.0 Å². The molecule has 0 saturated heterocycles. The highest BCUT2D eigenvalue weighted by Gasteiger charge is 1.95. The molecule has 2 aromatic rings. The van der Waals surface area contributed by atoms with Crippen LogP contribution in [0.2, 0.25) is 15.6 Å². The Morgan fingerprint density at radius 1 is 1.13 bits per heavy atom. The second kappa shape index (κ2) is 5.90. The van der Waals surface area contributed by atoms with Crippen LogP contribution in [0.1, 0.15) is 5.69 Å². The summed E-state index contributed by atoms with van der Waals surface area (Å²) in [6.07, 6.45) is 1.73. The van der Waals surface area contributed by atoms with E-state index in [0.29, 0.717) is 0 Å². The van der Waals surface area contributed by atoms with Crippen LogP contribution in [0.4, 0.5) is 0 Å². The summed E-state index contributed by atoms with van der Waals surface area (Å²) in [6, 6.07) is 3.33.